The van der Waals surface area contributed by atoms with E-state index in [1.165, 1.54) is 7.11 Å². The van der Waals surface area contributed by atoms with Gasteiger partial charge in [-0.15, -0.1) is 0 Å². The summed E-state index contributed by atoms with van der Waals surface area (Å²) in [6.45, 7) is 5.12. The van der Waals surface area contributed by atoms with Crippen LogP contribution in [0.15, 0.2) is 22.7 Å². The van der Waals surface area contributed by atoms with E-state index in [1.807, 2.05) is 0 Å². The van der Waals surface area contributed by atoms with E-state index in [4.69, 9.17) is 9.47 Å². The van der Waals surface area contributed by atoms with Gasteiger partial charge in [-0.25, -0.2) is 4.79 Å². The quantitative estimate of drug-likeness (QED) is 0.319. The monoisotopic (exact) mass is 370 g/mol. The molecule has 0 aliphatic carbocycles. The second-order valence-corrected chi connectivity index (χ2v) is 5.93. The van der Waals surface area contributed by atoms with Crippen LogP contribution in [0.25, 0.3) is 0 Å². The molecule has 1 aromatic rings. The molecule has 0 spiro atoms. The first kappa shape index (κ1) is 18.4. The average Bonchev–Trinajstić information content (AvgIpc) is 2.46. The number of hydrogen-bond donors (Lipinski definition) is 0. The molecule has 1 atom stereocenters. The van der Waals surface area contributed by atoms with E-state index in [0.717, 1.165) is 4.47 Å². The van der Waals surface area contributed by atoms with Crippen LogP contribution in [0, 0.1) is 11.8 Å². The molecule has 1 unspecified atom stereocenters. The number of halogens is 1. The van der Waals surface area contributed by atoms with Crippen molar-refractivity contribution in [3.63, 3.8) is 0 Å². The molecule has 5 nitrogen and oxygen atoms in total. The van der Waals surface area contributed by atoms with Crippen molar-refractivity contribution in [3.8, 4) is 5.75 Å². The van der Waals surface area contributed by atoms with E-state index in [1.54, 1.807) is 39.0 Å². The number of Topliss-reactive ketones (excluding diaryl/α,β-unsaturated/α-hetero) is 2. The Balaban J connectivity index is 3.20. The Morgan fingerprint density at radius 1 is 1.23 bits per heavy atom. The van der Waals surface area contributed by atoms with Gasteiger partial charge in [0.1, 0.15) is 5.75 Å². The first-order valence-electron chi connectivity index (χ1n) is 6.92. The number of benzene rings is 1. The number of hydrogen-bond acceptors (Lipinski definition) is 5. The zero-order valence-electron chi connectivity index (χ0n) is 13.0. The minimum atomic E-state index is -1.09. The predicted octanol–water partition coefficient (Wildman–Crippen LogP) is 3.04. The van der Waals surface area contributed by atoms with Crippen LogP contribution < -0.4 is 4.74 Å². The van der Waals surface area contributed by atoms with Crippen LogP contribution in [0.5, 0.6) is 5.75 Å². The number of esters is 1. The zero-order chi connectivity index (χ0) is 16.9. The van der Waals surface area contributed by atoms with Crippen molar-refractivity contribution >= 4 is 33.5 Å². The number of rotatable bonds is 7. The number of ether oxygens (including phenoxy) is 2. The van der Waals surface area contributed by atoms with Gasteiger partial charge in [-0.1, -0.05) is 29.8 Å². The lowest BCUT2D eigenvalue weighted by molar-refractivity contribution is -0.155. The fourth-order valence-corrected chi connectivity index (χ4v) is 2.43. The maximum atomic E-state index is 12.7. The summed E-state index contributed by atoms with van der Waals surface area (Å²) in [6.07, 6.45) is 0. The van der Waals surface area contributed by atoms with Gasteiger partial charge in [0.15, 0.2) is 5.78 Å². The fourth-order valence-electron chi connectivity index (χ4n) is 2.09. The third kappa shape index (κ3) is 4.16. The molecule has 120 valence electrons. The Bertz CT molecular complexity index is 580. The minimum absolute atomic E-state index is 0.0885. The van der Waals surface area contributed by atoms with E-state index in [2.05, 4.69) is 15.9 Å². The fraction of sp³-hybridized carbons (Fsp3) is 0.438. The second kappa shape index (κ2) is 8.08. The third-order valence-corrected chi connectivity index (χ3v) is 3.63. The largest absolute Gasteiger partial charge is 0.496 e. The molecule has 0 saturated carbocycles. The van der Waals surface area contributed by atoms with Crippen LogP contribution >= 0.6 is 15.9 Å². The highest BCUT2D eigenvalue weighted by Crippen LogP contribution is 2.28. The molecule has 6 heteroatoms. The summed E-state index contributed by atoms with van der Waals surface area (Å²) in [5, 5.41) is 0. The van der Waals surface area contributed by atoms with Crippen molar-refractivity contribution in [2.75, 3.05) is 13.7 Å². The van der Waals surface area contributed by atoms with Crippen LogP contribution in [0.1, 0.15) is 31.1 Å². The van der Waals surface area contributed by atoms with Crippen molar-refractivity contribution in [1.29, 1.82) is 0 Å². The Morgan fingerprint density at radius 3 is 2.36 bits per heavy atom. The van der Waals surface area contributed by atoms with Crippen LogP contribution in [0.4, 0.5) is 0 Å². The smallest absolute Gasteiger partial charge is 0.375 e. The molecule has 0 amide bonds. The minimum Gasteiger partial charge on any atom is -0.496 e. The summed E-state index contributed by atoms with van der Waals surface area (Å²) in [7, 11) is 1.44. The zero-order valence-corrected chi connectivity index (χ0v) is 14.6. The van der Waals surface area contributed by atoms with Crippen molar-refractivity contribution in [3.05, 3.63) is 28.2 Å². The van der Waals surface area contributed by atoms with Gasteiger partial charge in [-0.2, -0.15) is 0 Å². The number of ketones is 2. The van der Waals surface area contributed by atoms with Crippen LogP contribution in [0.3, 0.4) is 0 Å². The average molecular weight is 371 g/mol. The van der Waals surface area contributed by atoms with E-state index in [9.17, 15) is 14.4 Å². The van der Waals surface area contributed by atoms with E-state index in [0.29, 0.717) is 5.75 Å². The SMILES string of the molecule is CCOC(=O)C(=O)C(C(=O)c1ccc(Br)cc1OC)C(C)C. The number of methoxy groups -OCH3 is 1. The van der Waals surface area contributed by atoms with Gasteiger partial charge < -0.3 is 9.47 Å². The summed E-state index contributed by atoms with van der Waals surface area (Å²) >= 11 is 3.29. The summed E-state index contributed by atoms with van der Waals surface area (Å²) in [5.41, 5.74) is 0.266. The molecule has 0 aromatic heterocycles. The van der Waals surface area contributed by atoms with Gasteiger partial charge in [0.2, 0.25) is 0 Å². The highest BCUT2D eigenvalue weighted by Gasteiger charge is 2.36. The molecule has 0 aliphatic rings. The van der Waals surface area contributed by atoms with Crippen LogP contribution in [-0.2, 0) is 14.3 Å². The molecule has 0 saturated heterocycles. The first-order valence-corrected chi connectivity index (χ1v) is 7.71. The Kier molecular flexibility index (Phi) is 6.74. The number of carbonyl (C=O) groups excluding carboxylic acids is 3. The van der Waals surface area contributed by atoms with Gasteiger partial charge >= 0.3 is 5.97 Å². The molecular weight excluding hydrogens is 352 g/mol. The molecule has 22 heavy (non-hydrogen) atoms. The maximum Gasteiger partial charge on any atom is 0.375 e. The molecular formula is C16H19BrO5. The Labute approximate surface area is 138 Å². The van der Waals surface area contributed by atoms with E-state index >= 15 is 0 Å². The molecule has 0 radical (unpaired) electrons. The number of carbonyl (C=O) groups is 3. The molecule has 0 heterocycles. The highest BCUT2D eigenvalue weighted by atomic mass is 79.9. The third-order valence-electron chi connectivity index (χ3n) is 3.14. The normalized spacial score (nSPS) is 11.9. The summed E-state index contributed by atoms with van der Waals surface area (Å²) in [4.78, 5) is 36.6. The summed E-state index contributed by atoms with van der Waals surface area (Å²) in [5.74, 6) is -3.33. The lowest BCUT2D eigenvalue weighted by atomic mass is 9.84. The van der Waals surface area contributed by atoms with Gasteiger partial charge in [-0.3, -0.25) is 9.59 Å². The van der Waals surface area contributed by atoms with Crippen molar-refractivity contribution < 1.29 is 23.9 Å². The second-order valence-electron chi connectivity index (χ2n) is 5.02. The molecule has 0 fully saturated rings. The van der Waals surface area contributed by atoms with E-state index < -0.39 is 23.5 Å². The Morgan fingerprint density at radius 2 is 1.86 bits per heavy atom. The van der Waals surface area contributed by atoms with Gasteiger partial charge in [-0.05, 0) is 31.0 Å². The summed E-state index contributed by atoms with van der Waals surface area (Å²) < 4.78 is 10.7. The lowest BCUT2D eigenvalue weighted by Gasteiger charge is -2.18. The van der Waals surface area contributed by atoms with Crippen molar-refractivity contribution in [2.24, 2.45) is 11.8 Å². The highest BCUT2D eigenvalue weighted by molar-refractivity contribution is 9.10. The standard InChI is InChI=1S/C16H19BrO5/c1-5-22-16(20)15(19)13(9(2)3)14(18)11-7-6-10(17)8-12(11)21-4/h6-9,13H,5H2,1-4H3. The molecule has 1 rings (SSSR count). The lowest BCUT2D eigenvalue weighted by Crippen LogP contribution is -2.35. The topological polar surface area (TPSA) is 69.7 Å². The summed E-state index contributed by atoms with van der Waals surface area (Å²) in [6, 6.07) is 4.89. The van der Waals surface area contributed by atoms with Gasteiger partial charge in [0.05, 0.1) is 25.2 Å². The van der Waals surface area contributed by atoms with Gasteiger partial charge in [0.25, 0.3) is 5.78 Å². The molecule has 1 aromatic carbocycles. The first-order chi connectivity index (χ1) is 10.3. The van der Waals surface area contributed by atoms with Crippen LogP contribution in [0.2, 0.25) is 0 Å². The van der Waals surface area contributed by atoms with Crippen LogP contribution in [-0.4, -0.2) is 31.3 Å². The molecule has 0 bridgehead atoms. The molecule has 0 aliphatic heterocycles. The predicted molar refractivity (Wildman–Crippen MR) is 85.0 cm³/mol. The van der Waals surface area contributed by atoms with Crippen molar-refractivity contribution in [1.82, 2.24) is 0 Å². The maximum absolute atomic E-state index is 12.7. The Hall–Kier alpha value is -1.69. The van der Waals surface area contributed by atoms with Gasteiger partial charge in [0, 0.05) is 4.47 Å². The molecule has 0 N–H and O–H groups in total. The van der Waals surface area contributed by atoms with E-state index in [-0.39, 0.29) is 18.1 Å². The van der Waals surface area contributed by atoms with Crippen molar-refractivity contribution in [2.45, 2.75) is 20.8 Å².